The Labute approximate surface area is 106 Å². The predicted octanol–water partition coefficient (Wildman–Crippen LogP) is 0.672. The van der Waals surface area contributed by atoms with Gasteiger partial charge in [-0.1, -0.05) is 0 Å². The zero-order chi connectivity index (χ0) is 13.0. The van der Waals surface area contributed by atoms with Crippen LogP contribution in [0.5, 0.6) is 0 Å². The zero-order valence-corrected chi connectivity index (χ0v) is 10.4. The highest BCUT2D eigenvalue weighted by molar-refractivity contribution is 5.83. The molecule has 6 nitrogen and oxygen atoms in total. The van der Waals surface area contributed by atoms with Crippen molar-refractivity contribution in [3.8, 4) is 0 Å². The smallest absolute Gasteiger partial charge is 0.326 e. The number of carbonyl (C=O) groups is 2. The van der Waals surface area contributed by atoms with Gasteiger partial charge in [0.25, 0.3) is 0 Å². The Hall–Kier alpha value is -1.30. The molecular weight excluding hydrogens is 236 g/mol. The molecular formula is C12H20N2O4. The number of nitrogens with one attached hydrogen (secondary N) is 1. The molecule has 2 aliphatic heterocycles. The summed E-state index contributed by atoms with van der Waals surface area (Å²) in [5.74, 6) is -0.456. The minimum absolute atomic E-state index is 0.244. The summed E-state index contributed by atoms with van der Waals surface area (Å²) >= 11 is 0. The van der Waals surface area contributed by atoms with E-state index in [1.54, 1.807) is 0 Å². The third kappa shape index (κ3) is 3.13. The molecule has 2 fully saturated rings. The standard InChI is InChI=1S/C12H20N2O4/c15-11(16)10-2-1-5-14(10)12(17)13-8-9-3-6-18-7-4-9/h9-10H,1-8H2,(H,13,17)(H,15,16)/t10-/m1/s1. The molecule has 0 aromatic carbocycles. The van der Waals surface area contributed by atoms with Crippen LogP contribution in [-0.4, -0.2) is 54.4 Å². The maximum absolute atomic E-state index is 11.9. The summed E-state index contributed by atoms with van der Waals surface area (Å²) in [4.78, 5) is 24.3. The fourth-order valence-corrected chi connectivity index (χ4v) is 2.55. The van der Waals surface area contributed by atoms with Gasteiger partial charge in [0.1, 0.15) is 6.04 Å². The highest BCUT2D eigenvalue weighted by Gasteiger charge is 2.34. The van der Waals surface area contributed by atoms with Crippen LogP contribution in [-0.2, 0) is 9.53 Å². The molecule has 2 heterocycles. The van der Waals surface area contributed by atoms with Crippen LogP contribution < -0.4 is 5.32 Å². The van der Waals surface area contributed by atoms with Gasteiger partial charge in [-0.25, -0.2) is 9.59 Å². The van der Waals surface area contributed by atoms with E-state index in [9.17, 15) is 9.59 Å². The lowest BCUT2D eigenvalue weighted by Crippen LogP contribution is -2.47. The fraction of sp³-hybridized carbons (Fsp3) is 0.833. The van der Waals surface area contributed by atoms with Crippen molar-refractivity contribution in [2.45, 2.75) is 31.7 Å². The molecule has 18 heavy (non-hydrogen) atoms. The number of urea groups is 1. The van der Waals surface area contributed by atoms with Gasteiger partial charge in [0.05, 0.1) is 0 Å². The van der Waals surface area contributed by atoms with Crippen molar-refractivity contribution in [2.24, 2.45) is 5.92 Å². The summed E-state index contributed by atoms with van der Waals surface area (Å²) < 4.78 is 5.25. The van der Waals surface area contributed by atoms with Gasteiger partial charge in [-0.05, 0) is 31.6 Å². The number of ether oxygens (including phenoxy) is 1. The number of hydrogen-bond acceptors (Lipinski definition) is 3. The van der Waals surface area contributed by atoms with E-state index in [0.29, 0.717) is 25.4 Å². The van der Waals surface area contributed by atoms with Crippen LogP contribution in [0.2, 0.25) is 0 Å². The largest absolute Gasteiger partial charge is 0.480 e. The van der Waals surface area contributed by atoms with Crippen molar-refractivity contribution in [1.82, 2.24) is 10.2 Å². The minimum atomic E-state index is -0.909. The Morgan fingerprint density at radius 2 is 2.00 bits per heavy atom. The van der Waals surface area contributed by atoms with Gasteiger partial charge >= 0.3 is 12.0 Å². The first-order chi connectivity index (χ1) is 8.68. The van der Waals surface area contributed by atoms with Crippen LogP contribution in [0.3, 0.4) is 0 Å². The van der Waals surface area contributed by atoms with Gasteiger partial charge in [0.2, 0.25) is 0 Å². The number of rotatable bonds is 3. The number of carbonyl (C=O) groups excluding carboxylic acids is 1. The first-order valence-electron chi connectivity index (χ1n) is 6.53. The highest BCUT2D eigenvalue weighted by atomic mass is 16.5. The van der Waals surface area contributed by atoms with E-state index in [-0.39, 0.29) is 6.03 Å². The summed E-state index contributed by atoms with van der Waals surface area (Å²) in [7, 11) is 0. The molecule has 6 heteroatoms. The molecule has 0 aliphatic carbocycles. The van der Waals surface area contributed by atoms with Gasteiger partial charge < -0.3 is 20.1 Å². The Balaban J connectivity index is 1.78. The Morgan fingerprint density at radius 1 is 1.28 bits per heavy atom. The van der Waals surface area contributed by atoms with Crippen molar-refractivity contribution in [1.29, 1.82) is 0 Å². The van der Waals surface area contributed by atoms with Crippen LogP contribution in [0.1, 0.15) is 25.7 Å². The Bertz CT molecular complexity index is 315. The molecule has 102 valence electrons. The lowest BCUT2D eigenvalue weighted by atomic mass is 10.0. The van der Waals surface area contributed by atoms with Crippen molar-refractivity contribution in [3.05, 3.63) is 0 Å². The quantitative estimate of drug-likeness (QED) is 0.778. The average Bonchev–Trinajstić information content (AvgIpc) is 2.86. The third-order valence-corrected chi connectivity index (χ3v) is 3.68. The van der Waals surface area contributed by atoms with Crippen molar-refractivity contribution < 1.29 is 19.4 Å². The van der Waals surface area contributed by atoms with Crippen molar-refractivity contribution >= 4 is 12.0 Å². The molecule has 0 aromatic heterocycles. The van der Waals surface area contributed by atoms with Crippen LogP contribution in [0.25, 0.3) is 0 Å². The monoisotopic (exact) mass is 256 g/mol. The second-order valence-corrected chi connectivity index (χ2v) is 4.93. The van der Waals surface area contributed by atoms with Gasteiger partial charge in [-0.3, -0.25) is 0 Å². The molecule has 0 bridgehead atoms. The fourth-order valence-electron chi connectivity index (χ4n) is 2.55. The van der Waals surface area contributed by atoms with E-state index in [1.807, 2.05) is 0 Å². The Kier molecular flexibility index (Phi) is 4.41. The molecule has 0 saturated carbocycles. The average molecular weight is 256 g/mol. The van der Waals surface area contributed by atoms with Crippen LogP contribution in [0.15, 0.2) is 0 Å². The van der Waals surface area contributed by atoms with E-state index < -0.39 is 12.0 Å². The van der Waals surface area contributed by atoms with E-state index in [0.717, 1.165) is 32.5 Å². The second-order valence-electron chi connectivity index (χ2n) is 4.93. The minimum Gasteiger partial charge on any atom is -0.480 e. The Morgan fingerprint density at radius 3 is 2.67 bits per heavy atom. The summed E-state index contributed by atoms with van der Waals surface area (Å²) in [6, 6.07) is -0.897. The van der Waals surface area contributed by atoms with Gasteiger partial charge in [0, 0.05) is 26.3 Å². The first kappa shape index (κ1) is 13.1. The molecule has 2 aliphatic rings. The molecule has 0 aromatic rings. The van der Waals surface area contributed by atoms with Gasteiger partial charge in [0.15, 0.2) is 0 Å². The maximum Gasteiger partial charge on any atom is 0.326 e. The summed E-state index contributed by atoms with van der Waals surface area (Å²) in [6.45, 7) is 2.66. The summed E-state index contributed by atoms with van der Waals surface area (Å²) in [5.41, 5.74) is 0. The first-order valence-corrected chi connectivity index (χ1v) is 6.53. The molecule has 0 spiro atoms. The number of aliphatic carboxylic acids is 1. The number of hydrogen-bond donors (Lipinski definition) is 2. The number of likely N-dealkylation sites (tertiary alicyclic amines) is 1. The molecule has 1 atom stereocenters. The van der Waals surface area contributed by atoms with Crippen LogP contribution in [0.4, 0.5) is 4.79 Å². The van der Waals surface area contributed by atoms with Crippen molar-refractivity contribution in [2.75, 3.05) is 26.3 Å². The van der Waals surface area contributed by atoms with Crippen LogP contribution in [0, 0.1) is 5.92 Å². The lowest BCUT2D eigenvalue weighted by Gasteiger charge is -2.25. The van der Waals surface area contributed by atoms with Gasteiger partial charge in [-0.2, -0.15) is 0 Å². The third-order valence-electron chi connectivity index (χ3n) is 3.68. The number of amides is 2. The van der Waals surface area contributed by atoms with Gasteiger partial charge in [-0.15, -0.1) is 0 Å². The van der Waals surface area contributed by atoms with Crippen molar-refractivity contribution in [3.63, 3.8) is 0 Å². The summed E-state index contributed by atoms with van der Waals surface area (Å²) in [6.07, 6.45) is 3.24. The maximum atomic E-state index is 11.9. The predicted molar refractivity (Wildman–Crippen MR) is 64.3 cm³/mol. The second kappa shape index (κ2) is 6.04. The van der Waals surface area contributed by atoms with Crippen LogP contribution >= 0.6 is 0 Å². The topological polar surface area (TPSA) is 78.9 Å². The SMILES string of the molecule is O=C(O)[C@H]1CCCN1C(=O)NCC1CCOCC1. The highest BCUT2D eigenvalue weighted by Crippen LogP contribution is 2.18. The zero-order valence-electron chi connectivity index (χ0n) is 10.4. The molecule has 2 N–H and O–H groups in total. The molecule has 2 saturated heterocycles. The normalized spacial score (nSPS) is 25.1. The number of carboxylic acid groups (broad SMARTS) is 1. The molecule has 2 amide bonds. The summed E-state index contributed by atoms with van der Waals surface area (Å²) in [5, 5.41) is 11.9. The number of carboxylic acids is 1. The number of nitrogens with zero attached hydrogens (tertiary/aromatic N) is 1. The lowest BCUT2D eigenvalue weighted by molar-refractivity contribution is -0.141. The molecule has 2 rings (SSSR count). The molecule has 0 unspecified atom stereocenters. The van der Waals surface area contributed by atoms with E-state index in [1.165, 1.54) is 4.90 Å². The van der Waals surface area contributed by atoms with E-state index >= 15 is 0 Å². The molecule has 0 radical (unpaired) electrons. The van der Waals surface area contributed by atoms with E-state index in [4.69, 9.17) is 9.84 Å². The van der Waals surface area contributed by atoms with E-state index in [2.05, 4.69) is 5.32 Å².